The lowest BCUT2D eigenvalue weighted by atomic mass is 10.0. The van der Waals surface area contributed by atoms with Gasteiger partial charge in [0, 0.05) is 6.42 Å². The zero-order chi connectivity index (χ0) is 8.48. The predicted octanol–water partition coefficient (Wildman–Crippen LogP) is 2.67. The van der Waals surface area contributed by atoms with Crippen LogP contribution in [0.25, 0.3) is 0 Å². The van der Waals surface area contributed by atoms with Gasteiger partial charge >= 0.3 is 0 Å². The molecule has 1 nitrogen and oxygen atoms in total. The predicted molar refractivity (Wildman–Crippen MR) is 57.0 cm³/mol. The summed E-state index contributed by atoms with van der Waals surface area (Å²) < 4.78 is 1.28. The minimum atomic E-state index is -0.582. The Morgan fingerprint density at radius 1 is 1.64 bits per heavy atom. The van der Waals surface area contributed by atoms with Gasteiger partial charge in [0.25, 0.3) is 0 Å². The summed E-state index contributed by atoms with van der Waals surface area (Å²) in [6.07, 6.45) is 0.745. The van der Waals surface area contributed by atoms with E-state index in [2.05, 4.69) is 34.0 Å². The van der Waals surface area contributed by atoms with Crippen molar-refractivity contribution in [3.63, 3.8) is 0 Å². The maximum absolute atomic E-state index is 9.52. The van der Waals surface area contributed by atoms with E-state index >= 15 is 0 Å². The molecule has 1 aromatic rings. The normalized spacial score (nSPS) is 12.0. The van der Waals surface area contributed by atoms with Gasteiger partial charge in [0.2, 0.25) is 0 Å². The first-order chi connectivity index (χ1) is 4.99. The lowest BCUT2D eigenvalue weighted by Gasteiger charge is -2.15. The van der Waals surface area contributed by atoms with Gasteiger partial charge in [-0.1, -0.05) is 0 Å². The van der Waals surface area contributed by atoms with Crippen molar-refractivity contribution in [2.45, 2.75) is 25.9 Å². The van der Waals surface area contributed by atoms with Crippen molar-refractivity contribution in [3.05, 3.63) is 19.9 Å². The fourth-order valence-corrected chi connectivity index (χ4v) is 2.37. The molecule has 0 aliphatic heterocycles. The lowest BCUT2D eigenvalue weighted by molar-refractivity contribution is 0.0809. The van der Waals surface area contributed by atoms with E-state index in [4.69, 9.17) is 0 Å². The SMILES string of the molecule is CC(C)(O)Cc1ccsc1I. The molecule has 0 unspecified atom stereocenters. The quantitative estimate of drug-likeness (QED) is 0.827. The third kappa shape index (κ3) is 3.09. The summed E-state index contributed by atoms with van der Waals surface area (Å²) in [5, 5.41) is 11.6. The van der Waals surface area contributed by atoms with Crippen molar-refractivity contribution >= 4 is 33.9 Å². The standard InChI is InChI=1S/C8H11IOS/c1-8(2,10)5-6-3-4-11-7(6)9/h3-4,10H,5H2,1-2H3. The molecule has 0 atom stereocenters. The minimum Gasteiger partial charge on any atom is -0.390 e. The highest BCUT2D eigenvalue weighted by Crippen LogP contribution is 2.22. The van der Waals surface area contributed by atoms with Crippen molar-refractivity contribution in [2.24, 2.45) is 0 Å². The third-order valence-electron chi connectivity index (χ3n) is 1.32. The Kier molecular flexibility index (Phi) is 2.94. The average Bonchev–Trinajstić information content (AvgIpc) is 2.12. The third-order valence-corrected chi connectivity index (χ3v) is 3.51. The van der Waals surface area contributed by atoms with E-state index < -0.39 is 5.60 Å². The Labute approximate surface area is 84.6 Å². The average molecular weight is 282 g/mol. The summed E-state index contributed by atoms with van der Waals surface area (Å²) in [5.41, 5.74) is 0.671. The molecule has 3 heteroatoms. The van der Waals surface area contributed by atoms with Crippen LogP contribution in [-0.2, 0) is 6.42 Å². The summed E-state index contributed by atoms with van der Waals surface area (Å²) in [5.74, 6) is 0. The zero-order valence-electron chi connectivity index (χ0n) is 6.60. The molecule has 0 radical (unpaired) electrons. The molecule has 1 heterocycles. The van der Waals surface area contributed by atoms with Crippen molar-refractivity contribution in [1.82, 2.24) is 0 Å². The van der Waals surface area contributed by atoms with E-state index in [1.807, 2.05) is 13.8 Å². The van der Waals surface area contributed by atoms with Crippen molar-refractivity contribution in [2.75, 3.05) is 0 Å². The molecular formula is C8H11IOS. The number of hydrogen-bond donors (Lipinski definition) is 1. The molecule has 11 heavy (non-hydrogen) atoms. The Morgan fingerprint density at radius 3 is 2.64 bits per heavy atom. The fourth-order valence-electron chi connectivity index (χ4n) is 0.912. The summed E-state index contributed by atoms with van der Waals surface area (Å²) in [6.45, 7) is 3.67. The van der Waals surface area contributed by atoms with Gasteiger partial charge in [-0.25, -0.2) is 0 Å². The highest BCUT2D eigenvalue weighted by Gasteiger charge is 2.15. The number of aliphatic hydroxyl groups is 1. The summed E-state index contributed by atoms with van der Waals surface area (Å²) in [4.78, 5) is 0. The summed E-state index contributed by atoms with van der Waals surface area (Å²) in [7, 11) is 0. The van der Waals surface area contributed by atoms with Crippen LogP contribution in [0.2, 0.25) is 0 Å². The van der Waals surface area contributed by atoms with Crippen molar-refractivity contribution in [1.29, 1.82) is 0 Å². The first kappa shape index (κ1) is 9.48. The van der Waals surface area contributed by atoms with Gasteiger partial charge in [-0.05, 0) is 53.4 Å². The van der Waals surface area contributed by atoms with E-state index in [1.54, 1.807) is 11.3 Å². The molecule has 0 aliphatic carbocycles. The van der Waals surface area contributed by atoms with Gasteiger partial charge in [-0.3, -0.25) is 0 Å². The van der Waals surface area contributed by atoms with Crippen LogP contribution in [0, 0.1) is 2.88 Å². The molecule has 0 aliphatic rings. The van der Waals surface area contributed by atoms with Crippen molar-refractivity contribution in [3.8, 4) is 0 Å². The Hall–Kier alpha value is 0.390. The fraction of sp³-hybridized carbons (Fsp3) is 0.500. The smallest absolute Gasteiger partial charge is 0.0686 e. The molecule has 0 spiro atoms. The topological polar surface area (TPSA) is 20.2 Å². The maximum atomic E-state index is 9.52. The van der Waals surface area contributed by atoms with Crippen molar-refractivity contribution < 1.29 is 5.11 Å². The van der Waals surface area contributed by atoms with E-state index in [1.165, 1.54) is 8.45 Å². The molecule has 0 saturated carbocycles. The highest BCUT2D eigenvalue weighted by molar-refractivity contribution is 14.1. The summed E-state index contributed by atoms with van der Waals surface area (Å²) in [6, 6.07) is 2.07. The van der Waals surface area contributed by atoms with Crippen LogP contribution in [-0.4, -0.2) is 10.7 Å². The first-order valence-electron chi connectivity index (χ1n) is 3.43. The second-order valence-electron chi connectivity index (χ2n) is 3.21. The summed E-state index contributed by atoms with van der Waals surface area (Å²) >= 11 is 4.02. The second kappa shape index (κ2) is 3.41. The van der Waals surface area contributed by atoms with Crippen LogP contribution in [0.4, 0.5) is 0 Å². The molecule has 62 valence electrons. The number of thiophene rings is 1. The van der Waals surface area contributed by atoms with E-state index in [9.17, 15) is 5.11 Å². The molecule has 1 aromatic heterocycles. The van der Waals surface area contributed by atoms with Crippen LogP contribution >= 0.6 is 33.9 Å². The molecule has 0 bridgehead atoms. The zero-order valence-corrected chi connectivity index (χ0v) is 9.57. The van der Waals surface area contributed by atoms with Crippen LogP contribution < -0.4 is 0 Å². The molecule has 0 fully saturated rings. The van der Waals surface area contributed by atoms with Gasteiger partial charge in [-0.2, -0.15) is 0 Å². The molecule has 0 amide bonds. The van der Waals surface area contributed by atoms with Crippen LogP contribution in [0.3, 0.4) is 0 Å². The Balaban J connectivity index is 2.72. The van der Waals surface area contributed by atoms with E-state index in [-0.39, 0.29) is 0 Å². The van der Waals surface area contributed by atoms with Gasteiger partial charge in [0.15, 0.2) is 0 Å². The molecular weight excluding hydrogens is 271 g/mol. The second-order valence-corrected chi connectivity index (χ2v) is 5.94. The largest absolute Gasteiger partial charge is 0.390 e. The van der Waals surface area contributed by atoms with Gasteiger partial charge in [0.05, 0.1) is 8.48 Å². The van der Waals surface area contributed by atoms with Gasteiger partial charge < -0.3 is 5.11 Å². The van der Waals surface area contributed by atoms with Gasteiger partial charge in [0.1, 0.15) is 0 Å². The first-order valence-corrected chi connectivity index (χ1v) is 5.39. The van der Waals surface area contributed by atoms with Gasteiger partial charge in [-0.15, -0.1) is 11.3 Å². The van der Waals surface area contributed by atoms with Crippen LogP contribution in [0.1, 0.15) is 19.4 Å². The Bertz CT molecular complexity index is 236. The van der Waals surface area contributed by atoms with E-state index in [0.717, 1.165) is 6.42 Å². The minimum absolute atomic E-state index is 0.582. The van der Waals surface area contributed by atoms with E-state index in [0.29, 0.717) is 0 Å². The molecule has 1 rings (SSSR count). The lowest BCUT2D eigenvalue weighted by Crippen LogP contribution is -2.21. The van der Waals surface area contributed by atoms with Crippen LogP contribution in [0.5, 0.6) is 0 Å². The number of hydrogen-bond acceptors (Lipinski definition) is 2. The molecule has 0 aromatic carbocycles. The monoisotopic (exact) mass is 282 g/mol. The number of rotatable bonds is 2. The molecule has 0 saturated heterocycles. The Morgan fingerprint density at radius 2 is 2.27 bits per heavy atom. The highest BCUT2D eigenvalue weighted by atomic mass is 127. The maximum Gasteiger partial charge on any atom is 0.0686 e. The van der Waals surface area contributed by atoms with Crippen LogP contribution in [0.15, 0.2) is 11.4 Å². The molecule has 1 N–H and O–H groups in total. The number of halogens is 1.